The Hall–Kier alpha value is -6.64. The van der Waals surface area contributed by atoms with E-state index in [1.54, 1.807) is 12.1 Å². The number of amides is 3. The molecule has 14 heteroatoms. The molecule has 2 aliphatic heterocycles. The van der Waals surface area contributed by atoms with E-state index >= 15 is 0 Å². The van der Waals surface area contributed by atoms with Gasteiger partial charge in [-0.25, -0.2) is 9.59 Å². The largest absolute Gasteiger partial charge is 0.493 e. The molecule has 2 fully saturated rings. The predicted molar refractivity (Wildman–Crippen MR) is 240 cm³/mol. The summed E-state index contributed by atoms with van der Waals surface area (Å²) in [5, 5.41) is 24.9. The van der Waals surface area contributed by atoms with Crippen LogP contribution in [-0.2, 0) is 37.0 Å². The number of likely N-dealkylation sites (tertiary alicyclic amines) is 2. The second kappa shape index (κ2) is 19.2. The number of aliphatic hydroxyl groups excluding tert-OH is 1. The third-order valence-corrected chi connectivity index (χ3v) is 10.4. The fourth-order valence-corrected chi connectivity index (χ4v) is 7.63. The number of benzene rings is 4. The van der Waals surface area contributed by atoms with Gasteiger partial charge in [0.2, 0.25) is 11.8 Å². The third kappa shape index (κ3) is 12.1. The van der Waals surface area contributed by atoms with E-state index in [9.17, 15) is 19.5 Å². The highest BCUT2D eigenvalue weighted by atomic mass is 16.6. The summed E-state index contributed by atoms with van der Waals surface area (Å²) in [6.45, 7) is 12.4. The molecule has 2 saturated heterocycles. The standard InChI is InChI=1S/C49H56N6O8/c1-48(2,3)62-38-25-42(54(28-38)46(58)60-30-32-13-9-7-10-14-32)44(56)50-36-21-17-34(18-22-36)40-27-41(53-52-40)35-19-23-37(24-20-35)51-45(57)43-26-39(63-49(4,5)6)29-55(43)47(59)61-31-33-15-11-8-12-16-33/h7-24,27,38-39,42,51,57H,25-26,28-31H2,1-6H3,(H,50,56)(H,52,53)/b45-43+/t38-,39-,42+/m1/s1. The zero-order valence-electron chi connectivity index (χ0n) is 36.6. The molecule has 2 aliphatic rings. The molecule has 0 aliphatic carbocycles. The Kier molecular flexibility index (Phi) is 13.5. The molecular weight excluding hydrogens is 801 g/mol. The number of rotatable bonds is 12. The lowest BCUT2D eigenvalue weighted by Gasteiger charge is -2.25. The Labute approximate surface area is 368 Å². The number of aliphatic hydroxyl groups is 1. The first-order valence-electron chi connectivity index (χ1n) is 21.1. The maximum Gasteiger partial charge on any atom is 0.414 e. The zero-order chi connectivity index (χ0) is 44.7. The second-order valence-corrected chi connectivity index (χ2v) is 17.7. The average molecular weight is 857 g/mol. The van der Waals surface area contributed by atoms with Crippen molar-refractivity contribution in [2.75, 3.05) is 23.7 Å². The summed E-state index contributed by atoms with van der Waals surface area (Å²) in [5.74, 6) is -0.492. The van der Waals surface area contributed by atoms with Crippen molar-refractivity contribution >= 4 is 29.5 Å². The summed E-state index contributed by atoms with van der Waals surface area (Å²) in [6, 6.07) is 34.8. The molecule has 0 radical (unpaired) electrons. The Morgan fingerprint density at radius 3 is 1.83 bits per heavy atom. The second-order valence-electron chi connectivity index (χ2n) is 17.7. The van der Waals surface area contributed by atoms with Crippen LogP contribution in [0.15, 0.2) is 127 Å². The number of nitrogens with one attached hydrogen (secondary N) is 3. The van der Waals surface area contributed by atoms with E-state index in [4.69, 9.17) is 18.9 Å². The van der Waals surface area contributed by atoms with Crippen LogP contribution in [0, 0.1) is 0 Å². The van der Waals surface area contributed by atoms with Gasteiger partial charge in [0, 0.05) is 29.8 Å². The Morgan fingerprint density at radius 1 is 0.698 bits per heavy atom. The monoisotopic (exact) mass is 856 g/mol. The maximum absolute atomic E-state index is 13.7. The minimum atomic E-state index is -0.774. The SMILES string of the molecule is CC(C)(C)O[C@@H]1C/C(=C(\O)Nc2ccc(-c3cc(-c4ccc(NC(=O)[C@@H]5C[C@@H](OC(C)(C)C)CN5C(=O)OCc5ccccc5)cc4)[nH]n3)cc2)N(C(=O)OCc2ccccc2)C1. The number of nitrogens with zero attached hydrogens (tertiary/aromatic N) is 3. The van der Waals surface area contributed by atoms with Gasteiger partial charge in [-0.1, -0.05) is 84.9 Å². The minimum Gasteiger partial charge on any atom is -0.493 e. The zero-order valence-corrected chi connectivity index (χ0v) is 36.6. The maximum atomic E-state index is 13.7. The highest BCUT2D eigenvalue weighted by molar-refractivity contribution is 5.97. The number of aromatic nitrogens is 2. The first-order valence-corrected chi connectivity index (χ1v) is 21.1. The van der Waals surface area contributed by atoms with Crippen molar-refractivity contribution in [2.45, 2.75) is 97.0 Å². The lowest BCUT2D eigenvalue weighted by molar-refractivity contribution is -0.120. The van der Waals surface area contributed by atoms with Gasteiger partial charge in [0.1, 0.15) is 19.3 Å². The number of carbonyl (C=O) groups is 3. The van der Waals surface area contributed by atoms with E-state index in [-0.39, 0.29) is 50.3 Å². The number of ether oxygens (including phenoxy) is 4. The van der Waals surface area contributed by atoms with Gasteiger partial charge < -0.3 is 34.7 Å². The first kappa shape index (κ1) is 44.4. The van der Waals surface area contributed by atoms with Crippen LogP contribution < -0.4 is 10.6 Å². The smallest absolute Gasteiger partial charge is 0.414 e. The molecule has 4 N–H and O–H groups in total. The molecule has 0 unspecified atom stereocenters. The van der Waals surface area contributed by atoms with E-state index in [0.29, 0.717) is 35.6 Å². The van der Waals surface area contributed by atoms with Crippen LogP contribution in [0.2, 0.25) is 0 Å². The summed E-state index contributed by atoms with van der Waals surface area (Å²) < 4.78 is 23.6. The van der Waals surface area contributed by atoms with Crippen molar-refractivity contribution in [1.29, 1.82) is 0 Å². The Balaban J connectivity index is 0.974. The Bertz CT molecular complexity index is 2370. The predicted octanol–water partition coefficient (Wildman–Crippen LogP) is 9.64. The molecule has 1 aromatic heterocycles. The van der Waals surface area contributed by atoms with Gasteiger partial charge in [-0.3, -0.25) is 19.7 Å². The molecule has 0 bridgehead atoms. The van der Waals surface area contributed by atoms with Gasteiger partial charge in [-0.05, 0) is 88.6 Å². The van der Waals surface area contributed by atoms with Crippen LogP contribution in [0.4, 0.5) is 21.0 Å². The van der Waals surface area contributed by atoms with E-state index in [0.717, 1.165) is 27.9 Å². The van der Waals surface area contributed by atoms with Gasteiger partial charge in [0.25, 0.3) is 0 Å². The molecule has 330 valence electrons. The van der Waals surface area contributed by atoms with Crippen molar-refractivity contribution in [1.82, 2.24) is 20.0 Å². The van der Waals surface area contributed by atoms with Crippen LogP contribution in [0.1, 0.15) is 65.5 Å². The van der Waals surface area contributed by atoms with E-state index in [1.807, 2.05) is 145 Å². The van der Waals surface area contributed by atoms with E-state index in [2.05, 4.69) is 20.8 Å². The van der Waals surface area contributed by atoms with Gasteiger partial charge in [0.05, 0.1) is 53.6 Å². The van der Waals surface area contributed by atoms with Crippen LogP contribution >= 0.6 is 0 Å². The van der Waals surface area contributed by atoms with Crippen LogP contribution in [0.3, 0.4) is 0 Å². The lowest BCUT2D eigenvalue weighted by Crippen LogP contribution is -2.43. The number of H-pyrrole nitrogens is 1. The van der Waals surface area contributed by atoms with E-state index < -0.39 is 29.4 Å². The summed E-state index contributed by atoms with van der Waals surface area (Å²) in [7, 11) is 0. The van der Waals surface area contributed by atoms with Gasteiger partial charge in [-0.15, -0.1) is 0 Å². The fraction of sp³-hybridized carbons (Fsp3) is 0.347. The lowest BCUT2D eigenvalue weighted by atomic mass is 10.1. The number of carbonyl (C=O) groups excluding carboxylic acids is 3. The molecule has 63 heavy (non-hydrogen) atoms. The van der Waals surface area contributed by atoms with E-state index in [1.165, 1.54) is 9.80 Å². The van der Waals surface area contributed by atoms with Gasteiger partial charge in [0.15, 0.2) is 0 Å². The number of aromatic amines is 1. The molecule has 0 saturated carbocycles. The van der Waals surface area contributed by atoms with Crippen molar-refractivity contribution < 1.29 is 38.4 Å². The topological polar surface area (TPSA) is 168 Å². The minimum absolute atomic E-state index is 0.0997. The van der Waals surface area contributed by atoms with Crippen molar-refractivity contribution in [3.05, 3.63) is 138 Å². The Morgan fingerprint density at radius 2 is 1.24 bits per heavy atom. The first-order chi connectivity index (χ1) is 30.1. The van der Waals surface area contributed by atoms with Crippen LogP contribution in [0.25, 0.3) is 22.5 Å². The molecular formula is C49H56N6O8. The third-order valence-electron chi connectivity index (χ3n) is 10.4. The normalized spacial score (nSPS) is 18.5. The summed E-state index contributed by atoms with van der Waals surface area (Å²) in [4.78, 5) is 43.1. The van der Waals surface area contributed by atoms with Gasteiger partial charge >= 0.3 is 12.2 Å². The van der Waals surface area contributed by atoms with Crippen LogP contribution in [0.5, 0.6) is 0 Å². The molecule has 3 amide bonds. The molecule has 3 atom stereocenters. The van der Waals surface area contributed by atoms with Crippen molar-refractivity contribution in [3.8, 4) is 22.5 Å². The molecule has 14 nitrogen and oxygen atoms in total. The van der Waals surface area contributed by atoms with Crippen molar-refractivity contribution in [2.24, 2.45) is 0 Å². The highest BCUT2D eigenvalue weighted by Gasteiger charge is 2.42. The van der Waals surface area contributed by atoms with Gasteiger partial charge in [-0.2, -0.15) is 5.10 Å². The average Bonchev–Trinajstić information content (AvgIpc) is 4.02. The fourth-order valence-electron chi connectivity index (χ4n) is 7.63. The summed E-state index contributed by atoms with van der Waals surface area (Å²) >= 11 is 0. The van der Waals surface area contributed by atoms with Crippen LogP contribution in [-0.4, -0.2) is 85.7 Å². The number of anilines is 2. The molecule has 7 rings (SSSR count). The summed E-state index contributed by atoms with van der Waals surface area (Å²) in [5.41, 5.74) is 5.54. The molecule has 4 aromatic carbocycles. The summed E-state index contributed by atoms with van der Waals surface area (Å²) in [6.07, 6.45) is -1.14. The highest BCUT2D eigenvalue weighted by Crippen LogP contribution is 2.32. The number of hydrogen-bond donors (Lipinski definition) is 4. The quantitative estimate of drug-likeness (QED) is 0.0888. The van der Waals surface area contributed by atoms with Crippen molar-refractivity contribution in [3.63, 3.8) is 0 Å². The number of hydrogen-bond acceptors (Lipinski definition) is 10. The molecule has 5 aromatic rings. The molecule has 0 spiro atoms. The molecule has 3 heterocycles.